The number of likely N-dealkylation sites (tertiary alicyclic amines) is 1. The lowest BCUT2D eigenvalue weighted by atomic mass is 10.2. The van der Waals surface area contributed by atoms with Crippen LogP contribution in [0.15, 0.2) is 0 Å². The van der Waals surface area contributed by atoms with Crippen LogP contribution in [0, 0.1) is 13.8 Å². The van der Waals surface area contributed by atoms with E-state index in [1.54, 1.807) is 0 Å². The minimum Gasteiger partial charge on any atom is -0.359 e. The molecule has 5 nitrogen and oxygen atoms in total. The summed E-state index contributed by atoms with van der Waals surface area (Å²) in [5.74, 6) is 0.741. The van der Waals surface area contributed by atoms with Gasteiger partial charge in [-0.1, -0.05) is 11.6 Å². The van der Waals surface area contributed by atoms with Crippen molar-refractivity contribution in [1.82, 2.24) is 15.1 Å². The molecule has 1 saturated heterocycles. The first kappa shape index (κ1) is 13.1. The second kappa shape index (κ2) is 5.52. The maximum absolute atomic E-state index is 11.9. The van der Waals surface area contributed by atoms with Crippen LogP contribution in [0.25, 0.3) is 0 Å². The van der Waals surface area contributed by atoms with Crippen LogP contribution in [0.5, 0.6) is 0 Å². The van der Waals surface area contributed by atoms with Gasteiger partial charge in [0.2, 0.25) is 5.91 Å². The van der Waals surface area contributed by atoms with E-state index in [0.29, 0.717) is 11.0 Å². The van der Waals surface area contributed by atoms with Crippen LogP contribution in [-0.4, -0.2) is 40.6 Å². The van der Waals surface area contributed by atoms with Gasteiger partial charge in [-0.3, -0.25) is 4.79 Å². The predicted molar refractivity (Wildman–Crippen MR) is 70.8 cm³/mol. The highest BCUT2D eigenvalue weighted by atomic mass is 35.5. The number of carbonyl (C=O) groups is 1. The van der Waals surface area contributed by atoms with Gasteiger partial charge in [0.05, 0.1) is 6.54 Å². The van der Waals surface area contributed by atoms with E-state index in [-0.39, 0.29) is 12.5 Å². The number of anilines is 1. The SMILES string of the molecule is Cc1c(Cl)nnc(NCC(=O)N2CCCC2)c1C. The highest BCUT2D eigenvalue weighted by Crippen LogP contribution is 2.20. The molecule has 6 heteroatoms. The van der Waals surface area contributed by atoms with Crippen LogP contribution in [0.2, 0.25) is 5.15 Å². The Morgan fingerprint density at radius 3 is 2.61 bits per heavy atom. The molecule has 1 amide bonds. The number of nitrogens with one attached hydrogen (secondary N) is 1. The van der Waals surface area contributed by atoms with Crippen molar-refractivity contribution in [2.24, 2.45) is 0 Å². The van der Waals surface area contributed by atoms with Crippen LogP contribution in [0.1, 0.15) is 24.0 Å². The van der Waals surface area contributed by atoms with E-state index in [2.05, 4.69) is 15.5 Å². The lowest BCUT2D eigenvalue weighted by Gasteiger charge is -2.16. The lowest BCUT2D eigenvalue weighted by Crippen LogP contribution is -2.33. The fourth-order valence-corrected chi connectivity index (χ4v) is 2.16. The largest absolute Gasteiger partial charge is 0.359 e. The maximum Gasteiger partial charge on any atom is 0.241 e. The highest BCUT2D eigenvalue weighted by molar-refractivity contribution is 6.30. The molecule has 18 heavy (non-hydrogen) atoms. The van der Waals surface area contributed by atoms with Crippen molar-refractivity contribution in [3.05, 3.63) is 16.3 Å². The molecule has 1 aromatic rings. The average molecular weight is 269 g/mol. The van der Waals surface area contributed by atoms with E-state index >= 15 is 0 Å². The van der Waals surface area contributed by atoms with E-state index in [9.17, 15) is 4.79 Å². The van der Waals surface area contributed by atoms with Crippen molar-refractivity contribution < 1.29 is 4.79 Å². The van der Waals surface area contributed by atoms with Crippen LogP contribution in [0.4, 0.5) is 5.82 Å². The summed E-state index contributed by atoms with van der Waals surface area (Å²) in [4.78, 5) is 13.7. The van der Waals surface area contributed by atoms with E-state index in [1.807, 2.05) is 18.7 Å². The third-order valence-electron chi connectivity index (χ3n) is 3.33. The fourth-order valence-electron chi connectivity index (χ4n) is 1.98. The van der Waals surface area contributed by atoms with Crippen molar-refractivity contribution in [2.75, 3.05) is 25.0 Å². The molecular weight excluding hydrogens is 252 g/mol. The van der Waals surface area contributed by atoms with Gasteiger partial charge in [-0.2, -0.15) is 0 Å². The van der Waals surface area contributed by atoms with Crippen molar-refractivity contribution in [2.45, 2.75) is 26.7 Å². The second-order valence-electron chi connectivity index (χ2n) is 4.53. The van der Waals surface area contributed by atoms with Crippen LogP contribution < -0.4 is 5.32 Å². The summed E-state index contributed by atoms with van der Waals surface area (Å²) < 4.78 is 0. The Bertz CT molecular complexity index is 458. The zero-order chi connectivity index (χ0) is 13.1. The zero-order valence-corrected chi connectivity index (χ0v) is 11.4. The van der Waals surface area contributed by atoms with E-state index in [4.69, 9.17) is 11.6 Å². The van der Waals surface area contributed by atoms with E-state index < -0.39 is 0 Å². The topological polar surface area (TPSA) is 58.1 Å². The summed E-state index contributed by atoms with van der Waals surface area (Å²) >= 11 is 5.88. The minimum absolute atomic E-state index is 0.112. The van der Waals surface area contributed by atoms with Crippen molar-refractivity contribution in [1.29, 1.82) is 0 Å². The molecule has 0 saturated carbocycles. The second-order valence-corrected chi connectivity index (χ2v) is 4.89. The quantitative estimate of drug-likeness (QED) is 0.908. The molecule has 1 fully saturated rings. The third-order valence-corrected chi connectivity index (χ3v) is 3.69. The van der Waals surface area contributed by atoms with Gasteiger partial charge < -0.3 is 10.2 Å². The molecule has 98 valence electrons. The monoisotopic (exact) mass is 268 g/mol. The smallest absolute Gasteiger partial charge is 0.241 e. The Balaban J connectivity index is 1.98. The van der Waals surface area contributed by atoms with Crippen molar-refractivity contribution >= 4 is 23.3 Å². The van der Waals surface area contributed by atoms with Gasteiger partial charge in [-0.05, 0) is 37.8 Å². The Kier molecular flexibility index (Phi) is 4.01. The molecular formula is C12H17ClN4O. The summed E-state index contributed by atoms with van der Waals surface area (Å²) in [7, 11) is 0. The number of hydrogen-bond acceptors (Lipinski definition) is 4. The standard InChI is InChI=1S/C12H17ClN4O/c1-8-9(2)12(16-15-11(8)13)14-7-10(18)17-5-3-4-6-17/h3-7H2,1-2H3,(H,14,16). The highest BCUT2D eigenvalue weighted by Gasteiger charge is 2.18. The van der Waals surface area contributed by atoms with Gasteiger partial charge in [-0.25, -0.2) is 0 Å². The Hall–Kier alpha value is -1.36. The number of halogens is 1. The molecule has 1 N–H and O–H groups in total. The first-order valence-corrected chi connectivity index (χ1v) is 6.48. The predicted octanol–water partition coefficient (Wildman–Crippen LogP) is 1.78. The molecule has 1 aromatic heterocycles. The first-order chi connectivity index (χ1) is 8.59. The Morgan fingerprint density at radius 1 is 1.28 bits per heavy atom. The molecule has 0 atom stereocenters. The molecule has 1 aliphatic heterocycles. The summed E-state index contributed by atoms with van der Waals surface area (Å²) in [6, 6.07) is 0. The van der Waals surface area contributed by atoms with Gasteiger partial charge in [-0.15, -0.1) is 10.2 Å². The molecule has 0 bridgehead atoms. The maximum atomic E-state index is 11.9. The summed E-state index contributed by atoms with van der Waals surface area (Å²) in [6.45, 7) is 5.80. The van der Waals surface area contributed by atoms with Crippen molar-refractivity contribution in [3.8, 4) is 0 Å². The molecule has 0 unspecified atom stereocenters. The average Bonchev–Trinajstić information content (AvgIpc) is 2.89. The summed E-state index contributed by atoms with van der Waals surface area (Å²) in [6.07, 6.45) is 2.20. The molecule has 0 spiro atoms. The van der Waals surface area contributed by atoms with Gasteiger partial charge in [0, 0.05) is 13.1 Å². The van der Waals surface area contributed by atoms with Gasteiger partial charge in [0.15, 0.2) is 11.0 Å². The third kappa shape index (κ3) is 2.72. The summed E-state index contributed by atoms with van der Waals surface area (Å²) in [5, 5.41) is 11.3. The number of rotatable bonds is 3. The van der Waals surface area contributed by atoms with Gasteiger partial charge >= 0.3 is 0 Å². The van der Waals surface area contributed by atoms with Crippen molar-refractivity contribution in [3.63, 3.8) is 0 Å². The molecule has 0 aliphatic carbocycles. The normalized spacial score (nSPS) is 14.9. The number of nitrogens with zero attached hydrogens (tertiary/aromatic N) is 3. The molecule has 2 heterocycles. The molecule has 0 aromatic carbocycles. The Morgan fingerprint density at radius 2 is 1.94 bits per heavy atom. The molecule has 0 radical (unpaired) electrons. The Labute approximate surface area is 112 Å². The van der Waals surface area contributed by atoms with Crippen LogP contribution in [0.3, 0.4) is 0 Å². The fraction of sp³-hybridized carbons (Fsp3) is 0.583. The van der Waals surface area contributed by atoms with E-state index in [1.165, 1.54) is 0 Å². The number of carbonyl (C=O) groups excluding carboxylic acids is 1. The number of hydrogen-bond donors (Lipinski definition) is 1. The first-order valence-electron chi connectivity index (χ1n) is 6.10. The molecule has 2 rings (SSSR count). The number of aromatic nitrogens is 2. The van der Waals surface area contributed by atoms with Gasteiger partial charge in [0.1, 0.15) is 0 Å². The minimum atomic E-state index is 0.112. The summed E-state index contributed by atoms with van der Waals surface area (Å²) in [5.41, 5.74) is 1.83. The van der Waals surface area contributed by atoms with E-state index in [0.717, 1.165) is 37.1 Å². The van der Waals surface area contributed by atoms with Crippen LogP contribution in [-0.2, 0) is 4.79 Å². The zero-order valence-electron chi connectivity index (χ0n) is 10.7. The number of amides is 1. The molecule has 1 aliphatic rings. The van der Waals surface area contributed by atoms with Crippen LogP contribution >= 0.6 is 11.6 Å². The lowest BCUT2D eigenvalue weighted by molar-refractivity contribution is -0.128. The van der Waals surface area contributed by atoms with Gasteiger partial charge in [0.25, 0.3) is 0 Å².